The first-order valence-corrected chi connectivity index (χ1v) is 10.1. The van der Waals surface area contributed by atoms with Crippen molar-refractivity contribution in [3.05, 3.63) is 52.6 Å². The van der Waals surface area contributed by atoms with Crippen molar-refractivity contribution in [3.8, 4) is 5.75 Å². The third kappa shape index (κ3) is 4.29. The molecule has 1 aliphatic heterocycles. The number of aromatic nitrogens is 4. The molecule has 3 heterocycles. The lowest BCUT2D eigenvalue weighted by atomic mass is 10.0. The first-order valence-electron chi connectivity index (χ1n) is 10.1. The molecule has 0 unspecified atom stereocenters. The second-order valence-electron chi connectivity index (χ2n) is 7.71. The molecule has 3 aromatic rings. The minimum atomic E-state index is -0.379. The summed E-state index contributed by atoms with van der Waals surface area (Å²) in [7, 11) is 1.61. The van der Waals surface area contributed by atoms with E-state index in [4.69, 9.17) is 4.74 Å². The van der Waals surface area contributed by atoms with Gasteiger partial charge in [-0.15, -0.1) is 5.10 Å². The minimum Gasteiger partial charge on any atom is -0.497 e. The lowest BCUT2D eigenvalue weighted by Crippen LogP contribution is -2.35. The summed E-state index contributed by atoms with van der Waals surface area (Å²) in [6.07, 6.45) is 4.03. The van der Waals surface area contributed by atoms with Gasteiger partial charge in [-0.05, 0) is 42.5 Å². The minimum absolute atomic E-state index is 0.158. The third-order valence-electron chi connectivity index (χ3n) is 5.36. The Morgan fingerprint density at radius 2 is 2.07 bits per heavy atom. The predicted molar refractivity (Wildman–Crippen MR) is 113 cm³/mol. The number of hydrogen-bond donors (Lipinski definition) is 1. The van der Waals surface area contributed by atoms with Gasteiger partial charge in [-0.25, -0.2) is 13.9 Å². The highest BCUT2D eigenvalue weighted by atomic mass is 16.5. The second-order valence-corrected chi connectivity index (χ2v) is 7.71. The van der Waals surface area contributed by atoms with E-state index < -0.39 is 0 Å². The molecular weight excluding hydrogens is 384 g/mol. The maximum atomic E-state index is 12.6. The molecule has 2 aromatic heterocycles. The van der Waals surface area contributed by atoms with Crippen molar-refractivity contribution < 1.29 is 9.53 Å². The topological polar surface area (TPSA) is 93.8 Å². The lowest BCUT2D eigenvalue weighted by Gasteiger charge is -2.31. The van der Waals surface area contributed by atoms with Gasteiger partial charge in [-0.1, -0.05) is 19.1 Å². The average Bonchev–Trinajstić information content (AvgIpc) is 3.07. The van der Waals surface area contributed by atoms with E-state index in [1.54, 1.807) is 13.3 Å². The standard InChI is InChI=1S/C21H26N6O3/c1-15-4-3-10-25(13-15)18-9-11-26-20(23-18)24-27(21(26)29)14-19(28)22-12-16-5-7-17(30-2)8-6-16/h5-9,11,15H,3-4,10,12-14H2,1-2H3,(H,22,28)/t15-/m1/s1. The van der Waals surface area contributed by atoms with E-state index in [9.17, 15) is 9.59 Å². The Morgan fingerprint density at radius 3 is 2.80 bits per heavy atom. The van der Waals surface area contributed by atoms with Gasteiger partial charge in [0.05, 0.1) is 7.11 Å². The monoisotopic (exact) mass is 410 g/mol. The molecule has 1 aliphatic rings. The van der Waals surface area contributed by atoms with E-state index in [2.05, 4.69) is 27.2 Å². The molecule has 1 saturated heterocycles. The highest BCUT2D eigenvalue weighted by Crippen LogP contribution is 2.21. The van der Waals surface area contributed by atoms with Gasteiger partial charge in [0, 0.05) is 25.8 Å². The molecule has 1 N–H and O–H groups in total. The van der Waals surface area contributed by atoms with E-state index in [0.717, 1.165) is 41.3 Å². The molecule has 0 saturated carbocycles. The number of fused-ring (bicyclic) bond motifs is 1. The van der Waals surface area contributed by atoms with Crippen LogP contribution in [0.3, 0.4) is 0 Å². The number of carbonyl (C=O) groups is 1. The van der Waals surface area contributed by atoms with Gasteiger partial charge in [0.1, 0.15) is 18.1 Å². The Balaban J connectivity index is 1.43. The van der Waals surface area contributed by atoms with Crippen molar-refractivity contribution in [1.82, 2.24) is 24.5 Å². The summed E-state index contributed by atoms with van der Waals surface area (Å²) < 4.78 is 7.64. The molecule has 1 fully saturated rings. The van der Waals surface area contributed by atoms with E-state index in [-0.39, 0.29) is 18.1 Å². The van der Waals surface area contributed by atoms with Gasteiger partial charge in [0.2, 0.25) is 5.91 Å². The second kappa shape index (κ2) is 8.56. The summed E-state index contributed by atoms with van der Waals surface area (Å²) in [5.41, 5.74) is 0.559. The smallest absolute Gasteiger partial charge is 0.352 e. The average molecular weight is 410 g/mol. The van der Waals surface area contributed by atoms with E-state index in [1.807, 2.05) is 30.3 Å². The van der Waals surface area contributed by atoms with Gasteiger partial charge >= 0.3 is 5.69 Å². The van der Waals surface area contributed by atoms with Crippen molar-refractivity contribution in [2.24, 2.45) is 5.92 Å². The highest BCUT2D eigenvalue weighted by Gasteiger charge is 2.19. The van der Waals surface area contributed by atoms with Crippen molar-refractivity contribution in [3.63, 3.8) is 0 Å². The fraction of sp³-hybridized carbons (Fsp3) is 0.429. The molecule has 1 amide bonds. The van der Waals surface area contributed by atoms with Crippen molar-refractivity contribution in [1.29, 1.82) is 0 Å². The molecule has 4 rings (SSSR count). The highest BCUT2D eigenvalue weighted by molar-refractivity contribution is 5.75. The van der Waals surface area contributed by atoms with Crippen LogP contribution < -0.4 is 20.6 Å². The number of nitrogens with one attached hydrogen (secondary N) is 1. The number of benzene rings is 1. The Morgan fingerprint density at radius 1 is 1.27 bits per heavy atom. The fourth-order valence-electron chi connectivity index (χ4n) is 3.71. The first-order chi connectivity index (χ1) is 14.5. The van der Waals surface area contributed by atoms with Crippen LogP contribution in [0.5, 0.6) is 5.75 Å². The molecule has 1 atom stereocenters. The zero-order chi connectivity index (χ0) is 21.1. The SMILES string of the molecule is COc1ccc(CNC(=O)Cn2nc3nc(N4CCC[C@@H](C)C4)ccn3c2=O)cc1. The molecule has 0 bridgehead atoms. The van der Waals surface area contributed by atoms with Crippen LogP contribution in [0, 0.1) is 5.92 Å². The van der Waals surface area contributed by atoms with Crippen LogP contribution >= 0.6 is 0 Å². The normalized spacial score (nSPS) is 16.6. The number of hydrogen-bond acceptors (Lipinski definition) is 6. The Bertz CT molecular complexity index is 1090. The van der Waals surface area contributed by atoms with Crippen LogP contribution in [0.1, 0.15) is 25.3 Å². The van der Waals surface area contributed by atoms with Gasteiger partial charge < -0.3 is 15.0 Å². The van der Waals surface area contributed by atoms with Gasteiger partial charge in [-0.3, -0.25) is 4.79 Å². The summed E-state index contributed by atoms with van der Waals surface area (Å²) in [4.78, 5) is 31.6. The molecule has 30 heavy (non-hydrogen) atoms. The van der Waals surface area contributed by atoms with Crippen LogP contribution in [-0.2, 0) is 17.9 Å². The van der Waals surface area contributed by atoms with Crippen LogP contribution in [-0.4, -0.2) is 45.3 Å². The van der Waals surface area contributed by atoms with Gasteiger partial charge in [-0.2, -0.15) is 4.98 Å². The number of nitrogens with zero attached hydrogens (tertiary/aromatic N) is 5. The summed E-state index contributed by atoms with van der Waals surface area (Å²) in [6, 6.07) is 9.26. The lowest BCUT2D eigenvalue weighted by molar-refractivity contribution is -0.122. The number of rotatable bonds is 6. The zero-order valence-electron chi connectivity index (χ0n) is 17.2. The van der Waals surface area contributed by atoms with Crippen molar-refractivity contribution in [2.75, 3.05) is 25.1 Å². The van der Waals surface area contributed by atoms with Crippen LogP contribution in [0.2, 0.25) is 0 Å². The molecule has 0 spiro atoms. The predicted octanol–water partition coefficient (Wildman–Crippen LogP) is 1.45. The number of anilines is 1. The van der Waals surface area contributed by atoms with E-state index in [1.165, 1.54) is 10.8 Å². The van der Waals surface area contributed by atoms with Crippen molar-refractivity contribution in [2.45, 2.75) is 32.9 Å². The summed E-state index contributed by atoms with van der Waals surface area (Å²) in [6.45, 7) is 4.33. The largest absolute Gasteiger partial charge is 0.497 e. The number of amides is 1. The summed E-state index contributed by atoms with van der Waals surface area (Å²) in [5, 5.41) is 7.06. The third-order valence-corrected chi connectivity index (χ3v) is 5.36. The molecule has 9 nitrogen and oxygen atoms in total. The maximum Gasteiger partial charge on any atom is 0.352 e. The molecule has 0 radical (unpaired) electrons. The van der Waals surface area contributed by atoms with Crippen LogP contribution in [0.15, 0.2) is 41.3 Å². The van der Waals surface area contributed by atoms with Gasteiger partial charge in [0.15, 0.2) is 0 Å². The Kier molecular flexibility index (Phi) is 5.69. The quantitative estimate of drug-likeness (QED) is 0.661. The van der Waals surface area contributed by atoms with E-state index >= 15 is 0 Å². The van der Waals surface area contributed by atoms with Crippen LogP contribution in [0.4, 0.5) is 5.82 Å². The molecule has 1 aromatic carbocycles. The molecule has 9 heteroatoms. The number of carbonyl (C=O) groups excluding carboxylic acids is 1. The zero-order valence-corrected chi connectivity index (χ0v) is 17.2. The molecular formula is C21H26N6O3. The Labute approximate surface area is 174 Å². The number of ether oxygens (including phenoxy) is 1. The molecule has 158 valence electrons. The summed E-state index contributed by atoms with van der Waals surface area (Å²) >= 11 is 0. The fourth-order valence-corrected chi connectivity index (χ4v) is 3.71. The summed E-state index contributed by atoms with van der Waals surface area (Å²) in [5.74, 6) is 2.20. The van der Waals surface area contributed by atoms with E-state index in [0.29, 0.717) is 18.2 Å². The Hall–Kier alpha value is -3.36. The van der Waals surface area contributed by atoms with Crippen molar-refractivity contribution >= 4 is 17.5 Å². The van der Waals surface area contributed by atoms with Crippen LogP contribution in [0.25, 0.3) is 5.78 Å². The molecule has 0 aliphatic carbocycles. The van der Waals surface area contributed by atoms with Gasteiger partial charge in [0.25, 0.3) is 5.78 Å². The number of methoxy groups -OCH3 is 1. The number of piperidine rings is 1. The first kappa shape index (κ1) is 19.9. The maximum absolute atomic E-state index is 12.6.